The van der Waals surface area contributed by atoms with Crippen molar-refractivity contribution in [2.45, 2.75) is 4.90 Å². The van der Waals surface area contributed by atoms with E-state index in [9.17, 15) is 13.7 Å². The Morgan fingerprint density at radius 2 is 1.90 bits per heavy atom. The SMILES string of the molecule is CS(=O)(=O)c1cccc(-c2cc(-c3cc(C#N)c(N4CCNCC4)[nH]3)ccn2)c1. The number of nitrogens with zero attached hydrogens (tertiary/aromatic N) is 3. The molecule has 8 heteroatoms. The number of benzene rings is 1. The number of hydrogen-bond acceptors (Lipinski definition) is 6. The van der Waals surface area contributed by atoms with Crippen molar-refractivity contribution in [2.75, 3.05) is 37.3 Å². The summed E-state index contributed by atoms with van der Waals surface area (Å²) in [5, 5.41) is 12.9. The molecule has 1 aromatic carbocycles. The first kappa shape index (κ1) is 19.2. The van der Waals surface area contributed by atoms with Gasteiger partial charge in [0.25, 0.3) is 0 Å². The van der Waals surface area contributed by atoms with E-state index in [0.29, 0.717) is 11.3 Å². The van der Waals surface area contributed by atoms with Crippen molar-refractivity contribution in [3.05, 3.63) is 54.2 Å². The van der Waals surface area contributed by atoms with E-state index in [1.54, 1.807) is 24.4 Å². The Kier molecular flexibility index (Phi) is 5.09. The number of rotatable bonds is 4. The van der Waals surface area contributed by atoms with Crippen LogP contribution in [-0.4, -0.2) is 50.8 Å². The molecule has 3 aromatic rings. The summed E-state index contributed by atoms with van der Waals surface area (Å²) >= 11 is 0. The standard InChI is InChI=1S/C21H21N5O2S/c1-29(27,28)18-4-2-3-15(11-18)19-12-16(5-6-24-19)20-13-17(14-22)21(25-20)26-9-7-23-8-10-26/h2-6,11-13,23,25H,7-10H2,1H3. The van der Waals surface area contributed by atoms with E-state index < -0.39 is 9.84 Å². The van der Waals surface area contributed by atoms with Gasteiger partial charge in [0.2, 0.25) is 0 Å². The number of nitrogens with one attached hydrogen (secondary N) is 2. The molecule has 1 aliphatic rings. The number of piperazine rings is 1. The van der Waals surface area contributed by atoms with Crippen LogP contribution >= 0.6 is 0 Å². The highest BCUT2D eigenvalue weighted by Crippen LogP contribution is 2.30. The summed E-state index contributed by atoms with van der Waals surface area (Å²) in [4.78, 5) is 10.2. The molecule has 0 unspecified atom stereocenters. The Morgan fingerprint density at radius 3 is 2.62 bits per heavy atom. The fraction of sp³-hybridized carbons (Fsp3) is 0.238. The Labute approximate surface area is 169 Å². The number of sulfone groups is 1. The second-order valence-electron chi connectivity index (χ2n) is 7.02. The van der Waals surface area contributed by atoms with Gasteiger partial charge in [-0.3, -0.25) is 4.98 Å². The van der Waals surface area contributed by atoms with Crippen LogP contribution in [0.3, 0.4) is 0 Å². The third-order valence-corrected chi connectivity index (χ3v) is 6.09. The van der Waals surface area contributed by atoms with E-state index in [4.69, 9.17) is 0 Å². The van der Waals surface area contributed by atoms with Gasteiger partial charge in [0.1, 0.15) is 11.9 Å². The molecular formula is C21H21N5O2S. The Balaban J connectivity index is 1.71. The molecule has 0 radical (unpaired) electrons. The largest absolute Gasteiger partial charge is 0.355 e. The molecule has 1 aliphatic heterocycles. The smallest absolute Gasteiger partial charge is 0.175 e. The molecule has 2 aromatic heterocycles. The highest BCUT2D eigenvalue weighted by atomic mass is 32.2. The van der Waals surface area contributed by atoms with Crippen molar-refractivity contribution in [3.63, 3.8) is 0 Å². The molecule has 1 fully saturated rings. The summed E-state index contributed by atoms with van der Waals surface area (Å²) < 4.78 is 23.7. The molecule has 0 atom stereocenters. The van der Waals surface area contributed by atoms with Crippen LogP contribution < -0.4 is 10.2 Å². The number of nitriles is 1. The van der Waals surface area contributed by atoms with E-state index in [0.717, 1.165) is 48.8 Å². The third-order valence-electron chi connectivity index (χ3n) is 4.98. The molecule has 29 heavy (non-hydrogen) atoms. The second-order valence-corrected chi connectivity index (χ2v) is 9.04. The van der Waals surface area contributed by atoms with E-state index in [-0.39, 0.29) is 4.90 Å². The molecule has 7 nitrogen and oxygen atoms in total. The van der Waals surface area contributed by atoms with Crippen molar-refractivity contribution in [3.8, 4) is 28.6 Å². The summed E-state index contributed by atoms with van der Waals surface area (Å²) in [5.41, 5.74) is 3.73. The van der Waals surface area contributed by atoms with Crippen LogP contribution in [0.5, 0.6) is 0 Å². The predicted molar refractivity (Wildman–Crippen MR) is 112 cm³/mol. The van der Waals surface area contributed by atoms with Crippen LogP contribution in [0.2, 0.25) is 0 Å². The van der Waals surface area contributed by atoms with Gasteiger partial charge in [0.05, 0.1) is 16.2 Å². The summed E-state index contributed by atoms with van der Waals surface area (Å²) in [6.07, 6.45) is 2.88. The van der Waals surface area contributed by atoms with Crippen LogP contribution in [0.1, 0.15) is 5.56 Å². The first-order valence-corrected chi connectivity index (χ1v) is 11.2. The maximum absolute atomic E-state index is 11.9. The van der Waals surface area contributed by atoms with Crippen molar-refractivity contribution in [1.29, 1.82) is 5.26 Å². The Morgan fingerprint density at radius 1 is 1.10 bits per heavy atom. The lowest BCUT2D eigenvalue weighted by molar-refractivity contribution is 0.585. The molecule has 2 N–H and O–H groups in total. The van der Waals surface area contributed by atoms with Gasteiger partial charge >= 0.3 is 0 Å². The molecule has 0 bridgehead atoms. The maximum atomic E-state index is 11.9. The molecule has 1 saturated heterocycles. The molecule has 0 saturated carbocycles. The lowest BCUT2D eigenvalue weighted by atomic mass is 10.1. The predicted octanol–water partition coefficient (Wildman–Crippen LogP) is 2.43. The Hall–Kier alpha value is -3.15. The van der Waals surface area contributed by atoms with Crippen LogP contribution in [0, 0.1) is 11.3 Å². The molecule has 4 rings (SSSR count). The number of aromatic nitrogens is 2. The minimum atomic E-state index is -3.29. The maximum Gasteiger partial charge on any atom is 0.175 e. The highest BCUT2D eigenvalue weighted by Gasteiger charge is 2.18. The van der Waals surface area contributed by atoms with Gasteiger partial charge < -0.3 is 15.2 Å². The molecule has 0 aliphatic carbocycles. The lowest BCUT2D eigenvalue weighted by Gasteiger charge is -2.28. The summed E-state index contributed by atoms with van der Waals surface area (Å²) in [6, 6.07) is 14.7. The van der Waals surface area contributed by atoms with Crippen molar-refractivity contribution >= 4 is 15.7 Å². The van der Waals surface area contributed by atoms with Crippen LogP contribution in [0.4, 0.5) is 5.82 Å². The first-order valence-electron chi connectivity index (χ1n) is 9.31. The van der Waals surface area contributed by atoms with E-state index >= 15 is 0 Å². The van der Waals surface area contributed by atoms with Crippen LogP contribution in [-0.2, 0) is 9.84 Å². The van der Waals surface area contributed by atoms with E-state index in [1.165, 1.54) is 6.26 Å². The zero-order valence-electron chi connectivity index (χ0n) is 16.0. The number of H-pyrrole nitrogens is 1. The number of anilines is 1. The van der Waals surface area contributed by atoms with Crippen LogP contribution in [0.25, 0.3) is 22.5 Å². The normalized spacial score (nSPS) is 14.6. The molecule has 0 amide bonds. The number of pyridine rings is 1. The quantitative estimate of drug-likeness (QED) is 0.689. The Bertz CT molecular complexity index is 1190. The number of aromatic amines is 1. The zero-order chi connectivity index (χ0) is 20.4. The van der Waals surface area contributed by atoms with Gasteiger partial charge in [-0.25, -0.2) is 8.42 Å². The minimum Gasteiger partial charge on any atom is -0.355 e. The van der Waals surface area contributed by atoms with Gasteiger partial charge in [0, 0.05) is 55.5 Å². The van der Waals surface area contributed by atoms with Gasteiger partial charge in [0.15, 0.2) is 9.84 Å². The van der Waals surface area contributed by atoms with Gasteiger partial charge in [-0.2, -0.15) is 5.26 Å². The van der Waals surface area contributed by atoms with Gasteiger partial charge in [-0.15, -0.1) is 0 Å². The summed E-state index contributed by atoms with van der Waals surface area (Å²) in [5.74, 6) is 0.835. The zero-order valence-corrected chi connectivity index (χ0v) is 16.8. The minimum absolute atomic E-state index is 0.259. The average molecular weight is 407 g/mol. The van der Waals surface area contributed by atoms with Crippen molar-refractivity contribution in [1.82, 2.24) is 15.3 Å². The van der Waals surface area contributed by atoms with Crippen LogP contribution in [0.15, 0.2) is 53.6 Å². The fourth-order valence-electron chi connectivity index (χ4n) is 3.46. The summed E-state index contributed by atoms with van der Waals surface area (Å²) in [6.45, 7) is 3.45. The van der Waals surface area contributed by atoms with Gasteiger partial charge in [-0.05, 0) is 30.3 Å². The fourth-order valence-corrected chi connectivity index (χ4v) is 4.13. The third kappa shape index (κ3) is 4.01. The lowest BCUT2D eigenvalue weighted by Crippen LogP contribution is -2.44. The topological polar surface area (TPSA) is 102 Å². The first-order chi connectivity index (χ1) is 14.0. The van der Waals surface area contributed by atoms with Gasteiger partial charge in [-0.1, -0.05) is 12.1 Å². The second kappa shape index (κ2) is 7.70. The monoisotopic (exact) mass is 407 g/mol. The molecule has 0 spiro atoms. The van der Waals surface area contributed by atoms with Crippen molar-refractivity contribution < 1.29 is 8.42 Å². The van der Waals surface area contributed by atoms with E-state index in [2.05, 4.69) is 26.3 Å². The average Bonchev–Trinajstić information content (AvgIpc) is 3.19. The van der Waals surface area contributed by atoms with E-state index in [1.807, 2.05) is 24.3 Å². The number of hydrogen-bond donors (Lipinski definition) is 2. The molecule has 148 valence electrons. The molecule has 3 heterocycles. The summed E-state index contributed by atoms with van der Waals surface area (Å²) in [7, 11) is -3.29. The van der Waals surface area contributed by atoms with Crippen molar-refractivity contribution in [2.24, 2.45) is 0 Å². The highest BCUT2D eigenvalue weighted by molar-refractivity contribution is 7.90. The molecular weight excluding hydrogens is 386 g/mol.